The molecule has 8 nitrogen and oxygen atoms in total. The van der Waals surface area contributed by atoms with Gasteiger partial charge in [-0.1, -0.05) is 30.3 Å². The lowest BCUT2D eigenvalue weighted by Crippen LogP contribution is -2.38. The summed E-state index contributed by atoms with van der Waals surface area (Å²) in [7, 11) is 1.36. The number of carbonyl (C=O) groups excluding carboxylic acids is 2. The Morgan fingerprint density at radius 1 is 1.14 bits per heavy atom. The number of hydrogen-bond donors (Lipinski definition) is 0. The first-order valence-corrected chi connectivity index (χ1v) is 8.98. The lowest BCUT2D eigenvalue weighted by Gasteiger charge is -2.12. The van der Waals surface area contributed by atoms with Gasteiger partial charge in [0.05, 0.1) is 12.7 Å². The minimum Gasteiger partial charge on any atom is -0.618 e. The van der Waals surface area contributed by atoms with Gasteiger partial charge >= 0.3 is 5.97 Å². The summed E-state index contributed by atoms with van der Waals surface area (Å²) in [6, 6.07) is 13.2. The van der Waals surface area contributed by atoms with Gasteiger partial charge in [-0.05, 0) is 19.1 Å². The zero-order valence-corrected chi connectivity index (χ0v) is 16.1. The fraction of sp³-hybridized carbons (Fsp3) is 0.238. The van der Waals surface area contributed by atoms with Crippen LogP contribution in [0.5, 0.6) is 5.75 Å². The normalized spacial score (nSPS) is 10.7. The topological polar surface area (TPSA) is 102 Å². The van der Waals surface area contributed by atoms with Gasteiger partial charge in [0, 0.05) is 12.7 Å². The molecule has 8 heteroatoms. The zero-order chi connectivity index (χ0) is 20.8. The van der Waals surface area contributed by atoms with Gasteiger partial charge in [0.1, 0.15) is 24.5 Å². The van der Waals surface area contributed by atoms with E-state index in [1.165, 1.54) is 13.2 Å². The van der Waals surface area contributed by atoms with Crippen LogP contribution < -0.4 is 9.47 Å². The highest BCUT2D eigenvalue weighted by atomic mass is 16.6. The molecule has 0 saturated heterocycles. The second-order valence-corrected chi connectivity index (χ2v) is 6.07. The third kappa shape index (κ3) is 4.49. The fourth-order valence-electron chi connectivity index (χ4n) is 2.81. The molecule has 0 radical (unpaired) electrons. The molecule has 0 aliphatic carbocycles. The average molecular weight is 396 g/mol. The maximum absolute atomic E-state index is 13.1. The molecule has 0 amide bonds. The Morgan fingerprint density at radius 3 is 2.59 bits per heavy atom. The van der Waals surface area contributed by atoms with Gasteiger partial charge in [-0.15, -0.1) is 0 Å². The summed E-state index contributed by atoms with van der Waals surface area (Å²) in [6.07, 6.45) is 0. The summed E-state index contributed by atoms with van der Waals surface area (Å²) in [5.74, 6) is -0.657. The van der Waals surface area contributed by atoms with E-state index in [1.807, 2.05) is 6.92 Å². The van der Waals surface area contributed by atoms with E-state index in [4.69, 9.17) is 14.2 Å². The number of ketones is 1. The number of hydrogen-bond acceptors (Lipinski definition) is 7. The van der Waals surface area contributed by atoms with Crippen molar-refractivity contribution in [3.63, 3.8) is 0 Å². The number of ether oxygens (including phenoxy) is 3. The van der Waals surface area contributed by atoms with Crippen molar-refractivity contribution in [2.24, 2.45) is 0 Å². The maximum atomic E-state index is 13.1. The van der Waals surface area contributed by atoms with E-state index < -0.39 is 11.8 Å². The molecular weight excluding hydrogens is 376 g/mol. The predicted molar refractivity (Wildman–Crippen MR) is 103 cm³/mol. The number of esters is 1. The van der Waals surface area contributed by atoms with Gasteiger partial charge in [0.2, 0.25) is 5.52 Å². The van der Waals surface area contributed by atoms with Crippen molar-refractivity contribution in [2.45, 2.75) is 13.5 Å². The van der Waals surface area contributed by atoms with Crippen molar-refractivity contribution in [3.05, 3.63) is 70.7 Å². The predicted octanol–water partition coefficient (Wildman–Crippen LogP) is 2.19. The molecular formula is C21H20N2O6. The first-order valence-electron chi connectivity index (χ1n) is 8.98. The van der Waals surface area contributed by atoms with Gasteiger partial charge in [-0.2, -0.15) is 4.73 Å². The van der Waals surface area contributed by atoms with Crippen LogP contribution in [-0.2, 0) is 20.9 Å². The molecule has 0 fully saturated rings. The number of benzene rings is 2. The first-order chi connectivity index (χ1) is 14.0. The molecule has 0 atom stereocenters. The smallest absolute Gasteiger partial charge is 0.332 e. The molecule has 1 aromatic heterocycles. The quantitative estimate of drug-likeness (QED) is 0.249. The number of nitrogens with zero attached hydrogens (tertiary/aromatic N) is 2. The molecule has 3 aromatic rings. The molecule has 0 bridgehead atoms. The molecule has 0 spiro atoms. The molecule has 1 heterocycles. The summed E-state index contributed by atoms with van der Waals surface area (Å²) in [4.78, 5) is 29.1. The molecule has 150 valence electrons. The molecule has 29 heavy (non-hydrogen) atoms. The van der Waals surface area contributed by atoms with Crippen LogP contribution in [0.3, 0.4) is 0 Å². The van der Waals surface area contributed by atoms with Crippen LogP contribution >= 0.6 is 0 Å². The van der Waals surface area contributed by atoms with Crippen molar-refractivity contribution in [1.29, 1.82) is 0 Å². The van der Waals surface area contributed by atoms with Gasteiger partial charge in [0.15, 0.2) is 5.69 Å². The van der Waals surface area contributed by atoms with E-state index in [1.54, 1.807) is 42.5 Å². The van der Waals surface area contributed by atoms with Crippen molar-refractivity contribution < 1.29 is 28.5 Å². The highest BCUT2D eigenvalue weighted by molar-refractivity contribution is 6.07. The highest BCUT2D eigenvalue weighted by Crippen LogP contribution is 2.20. The van der Waals surface area contributed by atoms with Crippen LogP contribution in [0, 0.1) is 5.21 Å². The highest BCUT2D eigenvalue weighted by Gasteiger charge is 2.28. The minimum absolute atomic E-state index is 0.0648. The third-order valence-corrected chi connectivity index (χ3v) is 4.09. The van der Waals surface area contributed by atoms with E-state index in [0.717, 1.165) is 0 Å². The van der Waals surface area contributed by atoms with E-state index in [2.05, 4.69) is 4.98 Å². The maximum Gasteiger partial charge on any atom is 0.332 e. The minimum atomic E-state index is -0.628. The molecule has 2 aromatic carbocycles. The van der Waals surface area contributed by atoms with E-state index >= 15 is 0 Å². The van der Waals surface area contributed by atoms with Crippen LogP contribution in [0.1, 0.15) is 28.7 Å². The number of aromatic nitrogens is 2. The van der Waals surface area contributed by atoms with Gasteiger partial charge in [-0.3, -0.25) is 4.79 Å². The Bertz CT molecular complexity index is 1040. The summed E-state index contributed by atoms with van der Waals surface area (Å²) in [6.45, 7) is 1.68. The standard InChI is InChI=1S/C21H20N2O6/c1-3-28-15-9-10-16-18(11-15)23(26)20(21(25)14-7-5-4-6-8-14)17(22-16)12-29-19(24)13-27-2/h4-11H,3,12-13H2,1-2H3. The Balaban J connectivity index is 2.11. The van der Waals surface area contributed by atoms with Gasteiger partial charge < -0.3 is 19.4 Å². The molecule has 0 saturated carbocycles. The zero-order valence-electron chi connectivity index (χ0n) is 16.1. The Kier molecular flexibility index (Phi) is 6.36. The van der Waals surface area contributed by atoms with Crippen molar-refractivity contribution in [3.8, 4) is 5.75 Å². The van der Waals surface area contributed by atoms with Crippen LogP contribution in [0.15, 0.2) is 48.5 Å². The summed E-state index contributed by atoms with van der Waals surface area (Å²) in [5, 5.41) is 13.1. The number of rotatable bonds is 8. The lowest BCUT2D eigenvalue weighted by molar-refractivity contribution is -0.580. The molecule has 0 aliphatic heterocycles. The van der Waals surface area contributed by atoms with Crippen LogP contribution in [0.25, 0.3) is 11.0 Å². The molecule has 0 N–H and O–H groups in total. The summed E-state index contributed by atoms with van der Waals surface area (Å²) < 4.78 is 15.8. The second kappa shape index (κ2) is 9.11. The summed E-state index contributed by atoms with van der Waals surface area (Å²) >= 11 is 0. The Morgan fingerprint density at radius 2 is 1.90 bits per heavy atom. The number of methoxy groups -OCH3 is 1. The van der Waals surface area contributed by atoms with E-state index in [9.17, 15) is 14.8 Å². The lowest BCUT2D eigenvalue weighted by atomic mass is 10.1. The SMILES string of the molecule is CCOc1ccc2nc(COC(=O)COC)c(C(=O)c3ccccc3)[n+]([O-])c2c1. The van der Waals surface area contributed by atoms with Crippen LogP contribution in [0.4, 0.5) is 0 Å². The molecule has 3 rings (SSSR count). The fourth-order valence-corrected chi connectivity index (χ4v) is 2.81. The van der Waals surface area contributed by atoms with E-state index in [-0.39, 0.29) is 30.1 Å². The Hall–Kier alpha value is -3.52. The van der Waals surface area contributed by atoms with E-state index in [0.29, 0.717) is 28.2 Å². The number of carbonyl (C=O) groups is 2. The van der Waals surface area contributed by atoms with Crippen molar-refractivity contribution in [1.82, 2.24) is 4.98 Å². The van der Waals surface area contributed by atoms with Crippen LogP contribution in [0.2, 0.25) is 0 Å². The second-order valence-electron chi connectivity index (χ2n) is 6.07. The largest absolute Gasteiger partial charge is 0.618 e. The first kappa shape index (κ1) is 20.2. The third-order valence-electron chi connectivity index (χ3n) is 4.09. The number of fused-ring (bicyclic) bond motifs is 1. The Labute approximate surface area is 167 Å². The summed E-state index contributed by atoms with van der Waals surface area (Å²) in [5.41, 5.74) is 0.717. The van der Waals surface area contributed by atoms with Crippen molar-refractivity contribution in [2.75, 3.05) is 20.3 Å². The average Bonchev–Trinajstić information content (AvgIpc) is 2.73. The van der Waals surface area contributed by atoms with Crippen LogP contribution in [-0.4, -0.2) is 37.1 Å². The van der Waals surface area contributed by atoms with Gasteiger partial charge in [-0.25, -0.2) is 9.78 Å². The molecule has 0 unspecified atom stereocenters. The molecule has 0 aliphatic rings. The monoisotopic (exact) mass is 396 g/mol. The van der Waals surface area contributed by atoms with Crippen molar-refractivity contribution >= 4 is 22.8 Å². The van der Waals surface area contributed by atoms with Gasteiger partial charge in [0.25, 0.3) is 11.5 Å².